The first kappa shape index (κ1) is 17.2. The molecule has 23 heavy (non-hydrogen) atoms. The SMILES string of the molecule is CNCCC(=O)NCc1ccccc1COCc1ccccc1. The van der Waals surface area contributed by atoms with Gasteiger partial charge in [0.05, 0.1) is 13.2 Å². The fourth-order valence-electron chi connectivity index (χ4n) is 2.24. The van der Waals surface area contributed by atoms with E-state index in [1.165, 1.54) is 0 Å². The van der Waals surface area contributed by atoms with Gasteiger partial charge in [0.15, 0.2) is 0 Å². The average molecular weight is 312 g/mol. The molecule has 4 nitrogen and oxygen atoms in total. The Hall–Kier alpha value is -2.17. The zero-order chi connectivity index (χ0) is 16.3. The molecule has 0 unspecified atom stereocenters. The van der Waals surface area contributed by atoms with Gasteiger partial charge in [-0.1, -0.05) is 54.6 Å². The van der Waals surface area contributed by atoms with Crippen molar-refractivity contribution in [3.63, 3.8) is 0 Å². The van der Waals surface area contributed by atoms with Crippen LogP contribution in [-0.4, -0.2) is 19.5 Å². The largest absolute Gasteiger partial charge is 0.372 e. The molecule has 1 amide bonds. The third kappa shape index (κ3) is 6.22. The van der Waals surface area contributed by atoms with E-state index in [2.05, 4.69) is 10.6 Å². The smallest absolute Gasteiger partial charge is 0.221 e. The fourth-order valence-corrected chi connectivity index (χ4v) is 2.24. The van der Waals surface area contributed by atoms with Crippen molar-refractivity contribution in [3.05, 3.63) is 71.3 Å². The fraction of sp³-hybridized carbons (Fsp3) is 0.316. The number of carbonyl (C=O) groups is 1. The van der Waals surface area contributed by atoms with Crippen LogP contribution in [0, 0.1) is 0 Å². The molecule has 0 aliphatic carbocycles. The highest BCUT2D eigenvalue weighted by Gasteiger charge is 2.05. The third-order valence-corrected chi connectivity index (χ3v) is 3.57. The number of nitrogens with one attached hydrogen (secondary N) is 2. The van der Waals surface area contributed by atoms with Crippen LogP contribution in [0.5, 0.6) is 0 Å². The van der Waals surface area contributed by atoms with Crippen molar-refractivity contribution in [2.45, 2.75) is 26.2 Å². The zero-order valence-corrected chi connectivity index (χ0v) is 13.5. The first-order valence-corrected chi connectivity index (χ1v) is 7.89. The van der Waals surface area contributed by atoms with Gasteiger partial charge in [0.25, 0.3) is 0 Å². The Morgan fingerprint density at radius 2 is 1.65 bits per heavy atom. The third-order valence-electron chi connectivity index (χ3n) is 3.57. The number of hydrogen-bond donors (Lipinski definition) is 2. The Bertz CT molecular complexity index is 599. The molecule has 0 bridgehead atoms. The van der Waals surface area contributed by atoms with Crippen LogP contribution in [-0.2, 0) is 29.3 Å². The Morgan fingerprint density at radius 1 is 0.957 bits per heavy atom. The summed E-state index contributed by atoms with van der Waals surface area (Å²) in [5, 5.41) is 5.92. The first-order valence-electron chi connectivity index (χ1n) is 7.89. The molecule has 2 aromatic rings. The van der Waals surface area contributed by atoms with Crippen LogP contribution in [0.1, 0.15) is 23.1 Å². The number of carbonyl (C=O) groups excluding carboxylic acids is 1. The molecule has 0 fully saturated rings. The minimum Gasteiger partial charge on any atom is -0.372 e. The van der Waals surface area contributed by atoms with Crippen molar-refractivity contribution in [2.24, 2.45) is 0 Å². The van der Waals surface area contributed by atoms with E-state index in [9.17, 15) is 4.79 Å². The minimum absolute atomic E-state index is 0.0550. The lowest BCUT2D eigenvalue weighted by Crippen LogP contribution is -2.26. The van der Waals surface area contributed by atoms with Gasteiger partial charge in [-0.2, -0.15) is 0 Å². The quantitative estimate of drug-likeness (QED) is 0.748. The Morgan fingerprint density at radius 3 is 2.39 bits per heavy atom. The average Bonchev–Trinajstić information content (AvgIpc) is 2.60. The summed E-state index contributed by atoms with van der Waals surface area (Å²) in [6.07, 6.45) is 0.489. The van der Waals surface area contributed by atoms with Crippen molar-refractivity contribution in [1.29, 1.82) is 0 Å². The van der Waals surface area contributed by atoms with Gasteiger partial charge in [0, 0.05) is 19.5 Å². The van der Waals surface area contributed by atoms with Crippen LogP contribution < -0.4 is 10.6 Å². The summed E-state index contributed by atoms with van der Waals surface area (Å²) in [4.78, 5) is 11.7. The number of benzene rings is 2. The van der Waals surface area contributed by atoms with Crippen molar-refractivity contribution >= 4 is 5.91 Å². The maximum Gasteiger partial charge on any atom is 0.221 e. The van der Waals surface area contributed by atoms with Crippen LogP contribution in [0.2, 0.25) is 0 Å². The first-order chi connectivity index (χ1) is 11.3. The number of amides is 1. The van der Waals surface area contributed by atoms with Crippen molar-refractivity contribution in [3.8, 4) is 0 Å². The van der Waals surface area contributed by atoms with Crippen LogP contribution in [0.15, 0.2) is 54.6 Å². The van der Waals surface area contributed by atoms with Gasteiger partial charge in [-0.05, 0) is 23.7 Å². The molecular formula is C19H24N2O2. The molecule has 0 radical (unpaired) electrons. The highest BCUT2D eigenvalue weighted by Crippen LogP contribution is 2.11. The normalized spacial score (nSPS) is 10.5. The molecule has 0 saturated heterocycles. The topological polar surface area (TPSA) is 50.4 Å². The zero-order valence-electron chi connectivity index (χ0n) is 13.5. The van der Waals surface area contributed by atoms with E-state index < -0.39 is 0 Å². The second-order valence-electron chi connectivity index (χ2n) is 5.38. The molecular weight excluding hydrogens is 288 g/mol. The van der Waals surface area contributed by atoms with Crippen LogP contribution >= 0.6 is 0 Å². The Kier molecular flexibility index (Phi) is 7.30. The van der Waals surface area contributed by atoms with Crippen molar-refractivity contribution in [2.75, 3.05) is 13.6 Å². The van der Waals surface area contributed by atoms with Crippen LogP contribution in [0.3, 0.4) is 0 Å². The minimum atomic E-state index is 0.0550. The summed E-state index contributed by atoms with van der Waals surface area (Å²) in [5.41, 5.74) is 3.36. The molecule has 2 N–H and O–H groups in total. The molecule has 0 saturated carbocycles. The molecule has 0 aliphatic heterocycles. The molecule has 0 aliphatic rings. The molecule has 0 spiro atoms. The van der Waals surface area contributed by atoms with E-state index in [1.54, 1.807) is 0 Å². The molecule has 0 heterocycles. The molecule has 0 aromatic heterocycles. The molecule has 0 atom stereocenters. The van der Waals surface area contributed by atoms with Gasteiger partial charge in [-0.15, -0.1) is 0 Å². The van der Waals surface area contributed by atoms with Gasteiger partial charge < -0.3 is 15.4 Å². The van der Waals surface area contributed by atoms with E-state index in [0.29, 0.717) is 32.7 Å². The molecule has 122 valence electrons. The van der Waals surface area contributed by atoms with E-state index in [1.807, 2.05) is 61.6 Å². The summed E-state index contributed by atoms with van der Waals surface area (Å²) in [6.45, 7) is 2.35. The summed E-state index contributed by atoms with van der Waals surface area (Å²) in [6, 6.07) is 18.2. The number of rotatable bonds is 9. The Balaban J connectivity index is 1.83. The summed E-state index contributed by atoms with van der Waals surface area (Å²) in [7, 11) is 1.84. The van der Waals surface area contributed by atoms with Gasteiger partial charge in [0.1, 0.15) is 0 Å². The lowest BCUT2D eigenvalue weighted by atomic mass is 10.1. The van der Waals surface area contributed by atoms with Crippen LogP contribution in [0.25, 0.3) is 0 Å². The summed E-state index contributed by atoms with van der Waals surface area (Å²) < 4.78 is 5.80. The van der Waals surface area contributed by atoms with Crippen molar-refractivity contribution < 1.29 is 9.53 Å². The predicted molar refractivity (Wildman–Crippen MR) is 91.8 cm³/mol. The highest BCUT2D eigenvalue weighted by molar-refractivity contribution is 5.76. The Labute approximate surface area is 137 Å². The highest BCUT2D eigenvalue weighted by atomic mass is 16.5. The summed E-state index contributed by atoms with van der Waals surface area (Å²) >= 11 is 0. The van der Waals surface area contributed by atoms with Gasteiger partial charge in [-0.3, -0.25) is 4.79 Å². The van der Waals surface area contributed by atoms with E-state index in [4.69, 9.17) is 4.74 Å². The lowest BCUT2D eigenvalue weighted by molar-refractivity contribution is -0.121. The van der Waals surface area contributed by atoms with E-state index in [-0.39, 0.29) is 5.91 Å². The molecule has 4 heteroatoms. The second-order valence-corrected chi connectivity index (χ2v) is 5.38. The standard InChI is InChI=1S/C19H24N2O2/c1-20-12-11-19(22)21-13-17-9-5-6-10-18(17)15-23-14-16-7-3-2-4-8-16/h2-10,20H,11-15H2,1H3,(H,21,22). The van der Waals surface area contributed by atoms with E-state index in [0.717, 1.165) is 16.7 Å². The number of ether oxygens (including phenoxy) is 1. The predicted octanol–water partition coefficient (Wildman–Crippen LogP) is 2.63. The molecule has 2 rings (SSSR count). The van der Waals surface area contributed by atoms with Gasteiger partial charge in [-0.25, -0.2) is 0 Å². The lowest BCUT2D eigenvalue weighted by Gasteiger charge is -2.11. The van der Waals surface area contributed by atoms with Gasteiger partial charge >= 0.3 is 0 Å². The maximum absolute atomic E-state index is 11.7. The number of hydrogen-bond acceptors (Lipinski definition) is 3. The monoisotopic (exact) mass is 312 g/mol. The van der Waals surface area contributed by atoms with Gasteiger partial charge in [0.2, 0.25) is 5.91 Å². The maximum atomic E-state index is 11.7. The van der Waals surface area contributed by atoms with Crippen molar-refractivity contribution in [1.82, 2.24) is 10.6 Å². The molecule has 2 aromatic carbocycles. The van der Waals surface area contributed by atoms with E-state index >= 15 is 0 Å². The summed E-state index contributed by atoms with van der Waals surface area (Å²) in [5.74, 6) is 0.0550. The second kappa shape index (κ2) is 9.77. The van der Waals surface area contributed by atoms with Crippen LogP contribution in [0.4, 0.5) is 0 Å².